The predicted molar refractivity (Wildman–Crippen MR) is 65.0 cm³/mol. The van der Waals surface area contributed by atoms with Gasteiger partial charge in [0.2, 0.25) is 5.91 Å². The summed E-state index contributed by atoms with van der Waals surface area (Å²) in [6.45, 7) is 5.09. The number of nitrogens with zero attached hydrogens (tertiary/aromatic N) is 1. The van der Waals surface area contributed by atoms with Crippen LogP contribution in [-0.4, -0.2) is 28.9 Å². The van der Waals surface area contributed by atoms with Crippen LogP contribution in [0.2, 0.25) is 0 Å². The second kappa shape index (κ2) is 4.36. The Bertz CT molecular complexity index is 277. The Hall–Kier alpha value is -0.570. The third kappa shape index (κ3) is 2.10. The average molecular weight is 224 g/mol. The van der Waals surface area contributed by atoms with Crippen LogP contribution in [0, 0.1) is 5.92 Å². The fourth-order valence-corrected chi connectivity index (χ4v) is 3.25. The van der Waals surface area contributed by atoms with Crippen molar-refractivity contribution in [3.63, 3.8) is 0 Å². The fraction of sp³-hybridized carbons (Fsp3) is 0.923. The van der Waals surface area contributed by atoms with E-state index in [1.165, 1.54) is 12.8 Å². The minimum atomic E-state index is -0.0646. The van der Waals surface area contributed by atoms with Crippen molar-refractivity contribution in [2.75, 3.05) is 6.54 Å². The van der Waals surface area contributed by atoms with Gasteiger partial charge in [0.05, 0.1) is 0 Å². The molecule has 1 aliphatic carbocycles. The van der Waals surface area contributed by atoms with Crippen LogP contribution in [0.25, 0.3) is 0 Å². The highest BCUT2D eigenvalue weighted by atomic mass is 16.2. The number of carbonyl (C=O) groups excluding carboxylic acids is 1. The number of carbonyl (C=O) groups is 1. The Morgan fingerprint density at radius 1 is 1.44 bits per heavy atom. The summed E-state index contributed by atoms with van der Waals surface area (Å²) in [5, 5.41) is 0. The average Bonchev–Trinajstić information content (AvgIpc) is 2.54. The van der Waals surface area contributed by atoms with E-state index in [1.807, 2.05) is 0 Å². The van der Waals surface area contributed by atoms with E-state index in [-0.39, 0.29) is 5.54 Å². The largest absolute Gasteiger partial charge is 0.338 e. The summed E-state index contributed by atoms with van der Waals surface area (Å²) in [6, 6.07) is 0.326. The van der Waals surface area contributed by atoms with Gasteiger partial charge in [0, 0.05) is 24.5 Å². The molecule has 1 heterocycles. The number of hydrogen-bond donors (Lipinski definition) is 1. The van der Waals surface area contributed by atoms with Crippen LogP contribution in [0.15, 0.2) is 0 Å². The van der Waals surface area contributed by atoms with Crippen LogP contribution in [0.4, 0.5) is 0 Å². The van der Waals surface area contributed by atoms with E-state index in [1.54, 1.807) is 0 Å². The summed E-state index contributed by atoms with van der Waals surface area (Å²) in [5.74, 6) is 0.762. The minimum Gasteiger partial charge on any atom is -0.338 e. The summed E-state index contributed by atoms with van der Waals surface area (Å²) < 4.78 is 0. The van der Waals surface area contributed by atoms with Gasteiger partial charge in [0.1, 0.15) is 0 Å². The Morgan fingerprint density at radius 3 is 2.88 bits per heavy atom. The molecule has 1 saturated carbocycles. The first-order valence-corrected chi connectivity index (χ1v) is 6.61. The highest BCUT2D eigenvalue weighted by Crippen LogP contribution is 2.38. The van der Waals surface area contributed by atoms with Gasteiger partial charge in [-0.3, -0.25) is 4.79 Å². The lowest BCUT2D eigenvalue weighted by molar-refractivity contribution is -0.133. The molecule has 92 valence electrons. The van der Waals surface area contributed by atoms with E-state index >= 15 is 0 Å². The molecule has 1 amide bonds. The standard InChI is InChI=1S/C13H24N2O/c1-10(2)9-12(16)15-8-7-13(14)6-4-3-5-11(13)15/h10-11H,3-9,14H2,1-2H3. The highest BCUT2D eigenvalue weighted by Gasteiger charge is 2.47. The molecule has 2 unspecified atom stereocenters. The Balaban J connectivity index is 2.04. The lowest BCUT2D eigenvalue weighted by atomic mass is 9.78. The smallest absolute Gasteiger partial charge is 0.223 e. The number of fused-ring (bicyclic) bond motifs is 1. The van der Waals surface area contributed by atoms with E-state index in [0.29, 0.717) is 24.3 Å². The normalized spacial score (nSPS) is 34.2. The van der Waals surface area contributed by atoms with E-state index in [2.05, 4.69) is 18.7 Å². The SMILES string of the molecule is CC(C)CC(=O)N1CCC2(N)CCCCC12. The van der Waals surface area contributed by atoms with Gasteiger partial charge in [0.25, 0.3) is 0 Å². The van der Waals surface area contributed by atoms with Crippen LogP contribution >= 0.6 is 0 Å². The van der Waals surface area contributed by atoms with Crippen molar-refractivity contribution in [3.05, 3.63) is 0 Å². The maximum absolute atomic E-state index is 12.1. The van der Waals surface area contributed by atoms with Crippen molar-refractivity contribution in [3.8, 4) is 0 Å². The molecule has 1 saturated heterocycles. The molecule has 2 rings (SSSR count). The maximum Gasteiger partial charge on any atom is 0.223 e. The second-order valence-electron chi connectivity index (χ2n) is 5.93. The molecule has 2 aliphatic rings. The Labute approximate surface area is 98.4 Å². The molecule has 0 aromatic carbocycles. The zero-order valence-corrected chi connectivity index (χ0v) is 10.5. The van der Waals surface area contributed by atoms with Crippen LogP contribution in [0.3, 0.4) is 0 Å². The molecule has 0 aromatic rings. The Morgan fingerprint density at radius 2 is 2.19 bits per heavy atom. The Kier molecular flexibility index (Phi) is 3.24. The number of nitrogens with two attached hydrogens (primary N) is 1. The van der Waals surface area contributed by atoms with Crippen LogP contribution in [0.1, 0.15) is 52.4 Å². The number of rotatable bonds is 2. The summed E-state index contributed by atoms with van der Waals surface area (Å²) in [7, 11) is 0. The van der Waals surface area contributed by atoms with Crippen molar-refractivity contribution < 1.29 is 4.79 Å². The monoisotopic (exact) mass is 224 g/mol. The second-order valence-corrected chi connectivity index (χ2v) is 5.93. The minimum absolute atomic E-state index is 0.0646. The first-order valence-electron chi connectivity index (χ1n) is 6.61. The molecule has 0 bridgehead atoms. The molecule has 1 aliphatic heterocycles. The van der Waals surface area contributed by atoms with Gasteiger partial charge in [0.15, 0.2) is 0 Å². The van der Waals surface area contributed by atoms with Gasteiger partial charge < -0.3 is 10.6 Å². The molecular formula is C13H24N2O. The van der Waals surface area contributed by atoms with E-state index in [4.69, 9.17) is 5.73 Å². The molecule has 2 N–H and O–H groups in total. The van der Waals surface area contributed by atoms with Crippen molar-refractivity contribution in [2.24, 2.45) is 11.7 Å². The molecule has 3 nitrogen and oxygen atoms in total. The molecule has 16 heavy (non-hydrogen) atoms. The van der Waals surface area contributed by atoms with Crippen LogP contribution in [0.5, 0.6) is 0 Å². The van der Waals surface area contributed by atoms with Crippen molar-refractivity contribution in [1.82, 2.24) is 4.90 Å². The first-order chi connectivity index (χ1) is 7.53. The number of amides is 1. The summed E-state index contributed by atoms with van der Waals surface area (Å²) in [4.78, 5) is 14.2. The van der Waals surface area contributed by atoms with Gasteiger partial charge >= 0.3 is 0 Å². The molecule has 0 aromatic heterocycles. The quantitative estimate of drug-likeness (QED) is 0.778. The maximum atomic E-state index is 12.1. The van der Waals surface area contributed by atoms with Gasteiger partial charge in [-0.2, -0.15) is 0 Å². The van der Waals surface area contributed by atoms with Crippen LogP contribution in [-0.2, 0) is 4.79 Å². The first kappa shape index (κ1) is 11.9. The van der Waals surface area contributed by atoms with E-state index in [9.17, 15) is 4.79 Å². The third-order valence-corrected chi connectivity index (χ3v) is 4.13. The predicted octanol–water partition coefficient (Wildman–Crippen LogP) is 1.90. The summed E-state index contributed by atoms with van der Waals surface area (Å²) >= 11 is 0. The van der Waals surface area contributed by atoms with Gasteiger partial charge in [-0.05, 0) is 25.2 Å². The lowest BCUT2D eigenvalue weighted by Crippen LogP contribution is -2.54. The van der Waals surface area contributed by atoms with Crippen LogP contribution < -0.4 is 5.73 Å². The molecule has 2 atom stereocenters. The zero-order valence-electron chi connectivity index (χ0n) is 10.5. The van der Waals surface area contributed by atoms with E-state index < -0.39 is 0 Å². The van der Waals surface area contributed by atoms with Crippen molar-refractivity contribution >= 4 is 5.91 Å². The van der Waals surface area contributed by atoms with Gasteiger partial charge in [-0.15, -0.1) is 0 Å². The summed E-state index contributed by atoms with van der Waals surface area (Å²) in [6.07, 6.45) is 6.35. The van der Waals surface area contributed by atoms with Crippen molar-refractivity contribution in [2.45, 2.75) is 64.0 Å². The van der Waals surface area contributed by atoms with Gasteiger partial charge in [-0.25, -0.2) is 0 Å². The fourth-order valence-electron chi connectivity index (χ4n) is 3.25. The molecule has 2 fully saturated rings. The topological polar surface area (TPSA) is 46.3 Å². The highest BCUT2D eigenvalue weighted by molar-refractivity contribution is 5.77. The lowest BCUT2D eigenvalue weighted by Gasteiger charge is -2.39. The number of hydrogen-bond acceptors (Lipinski definition) is 2. The molecule has 0 spiro atoms. The summed E-state index contributed by atoms with van der Waals surface area (Å²) in [5.41, 5.74) is 6.36. The number of likely N-dealkylation sites (tertiary alicyclic amines) is 1. The molecular weight excluding hydrogens is 200 g/mol. The van der Waals surface area contributed by atoms with Crippen molar-refractivity contribution in [1.29, 1.82) is 0 Å². The van der Waals surface area contributed by atoms with Gasteiger partial charge in [-0.1, -0.05) is 26.7 Å². The zero-order chi connectivity index (χ0) is 11.8. The third-order valence-electron chi connectivity index (χ3n) is 4.13. The molecule has 0 radical (unpaired) electrons. The van der Waals surface area contributed by atoms with E-state index in [0.717, 1.165) is 25.8 Å². The molecule has 3 heteroatoms.